The Morgan fingerprint density at radius 2 is 1.85 bits per heavy atom. The summed E-state index contributed by atoms with van der Waals surface area (Å²) < 4.78 is 38.3. The van der Waals surface area contributed by atoms with Crippen LogP contribution >= 0.6 is 0 Å². The van der Waals surface area contributed by atoms with Crippen molar-refractivity contribution in [1.29, 1.82) is 0 Å². The SMILES string of the molecule is Cc1c(C(=O)O)cccc1-c1cccc(Nc2nccc(C(F)(F)F)n2)c1. The Morgan fingerprint density at radius 1 is 1.11 bits per heavy atom. The summed E-state index contributed by atoms with van der Waals surface area (Å²) in [5, 5.41) is 12.0. The predicted octanol–water partition coefficient (Wildman–Crippen LogP) is 4.91. The minimum atomic E-state index is -4.56. The Bertz CT molecular complexity index is 1000. The lowest BCUT2D eigenvalue weighted by atomic mass is 9.96. The first-order valence-corrected chi connectivity index (χ1v) is 7.86. The molecule has 0 aliphatic rings. The van der Waals surface area contributed by atoms with E-state index in [1.807, 2.05) is 0 Å². The van der Waals surface area contributed by atoms with Crippen LogP contribution in [0.2, 0.25) is 0 Å². The maximum atomic E-state index is 12.8. The molecule has 3 aromatic rings. The molecule has 1 heterocycles. The molecular formula is C19H14F3N3O2. The van der Waals surface area contributed by atoms with Gasteiger partial charge in [-0.1, -0.05) is 24.3 Å². The van der Waals surface area contributed by atoms with E-state index in [2.05, 4.69) is 15.3 Å². The molecule has 2 N–H and O–H groups in total. The summed E-state index contributed by atoms with van der Waals surface area (Å²) >= 11 is 0. The van der Waals surface area contributed by atoms with Crippen LogP contribution in [0.4, 0.5) is 24.8 Å². The monoisotopic (exact) mass is 373 g/mol. The van der Waals surface area contributed by atoms with Gasteiger partial charge in [-0.05, 0) is 47.9 Å². The molecule has 0 fully saturated rings. The largest absolute Gasteiger partial charge is 0.478 e. The molecule has 138 valence electrons. The second-order valence-electron chi connectivity index (χ2n) is 5.75. The predicted molar refractivity (Wildman–Crippen MR) is 93.9 cm³/mol. The highest BCUT2D eigenvalue weighted by molar-refractivity contribution is 5.92. The number of carboxylic acids is 1. The lowest BCUT2D eigenvalue weighted by Crippen LogP contribution is -2.10. The Balaban J connectivity index is 1.94. The van der Waals surface area contributed by atoms with Gasteiger partial charge in [0.1, 0.15) is 5.69 Å². The zero-order valence-corrected chi connectivity index (χ0v) is 14.1. The van der Waals surface area contributed by atoms with Crippen molar-refractivity contribution in [3.8, 4) is 11.1 Å². The van der Waals surface area contributed by atoms with E-state index in [1.54, 1.807) is 43.3 Å². The molecule has 0 unspecified atom stereocenters. The topological polar surface area (TPSA) is 75.1 Å². The van der Waals surface area contributed by atoms with Gasteiger partial charge in [-0.3, -0.25) is 0 Å². The highest BCUT2D eigenvalue weighted by atomic mass is 19.4. The highest BCUT2D eigenvalue weighted by Gasteiger charge is 2.32. The number of anilines is 2. The fourth-order valence-electron chi connectivity index (χ4n) is 2.65. The molecular weight excluding hydrogens is 359 g/mol. The molecule has 0 bridgehead atoms. The van der Waals surface area contributed by atoms with Gasteiger partial charge < -0.3 is 10.4 Å². The Morgan fingerprint density at radius 3 is 2.56 bits per heavy atom. The third-order valence-corrected chi connectivity index (χ3v) is 3.94. The number of hydrogen-bond acceptors (Lipinski definition) is 4. The molecule has 0 radical (unpaired) electrons. The van der Waals surface area contributed by atoms with E-state index in [-0.39, 0.29) is 11.5 Å². The van der Waals surface area contributed by atoms with E-state index in [0.29, 0.717) is 22.4 Å². The lowest BCUT2D eigenvalue weighted by Gasteiger charge is -2.12. The average molecular weight is 373 g/mol. The van der Waals surface area contributed by atoms with Gasteiger partial charge in [0.15, 0.2) is 0 Å². The van der Waals surface area contributed by atoms with Gasteiger partial charge in [-0.2, -0.15) is 13.2 Å². The number of nitrogens with one attached hydrogen (secondary N) is 1. The van der Waals surface area contributed by atoms with Crippen molar-refractivity contribution in [3.63, 3.8) is 0 Å². The summed E-state index contributed by atoms with van der Waals surface area (Å²) in [5.74, 6) is -1.21. The number of nitrogens with zero attached hydrogens (tertiary/aromatic N) is 2. The Labute approximate surface area is 152 Å². The second kappa shape index (κ2) is 7.06. The maximum absolute atomic E-state index is 12.8. The number of aromatic carboxylic acids is 1. The van der Waals surface area contributed by atoms with Gasteiger partial charge >= 0.3 is 12.1 Å². The number of aromatic nitrogens is 2. The van der Waals surface area contributed by atoms with Gasteiger partial charge in [-0.15, -0.1) is 0 Å². The number of alkyl halides is 3. The van der Waals surface area contributed by atoms with Crippen LogP contribution in [-0.2, 0) is 6.18 Å². The van der Waals surface area contributed by atoms with Crippen LogP contribution in [-0.4, -0.2) is 21.0 Å². The van der Waals surface area contributed by atoms with Crippen LogP contribution in [0.25, 0.3) is 11.1 Å². The van der Waals surface area contributed by atoms with Gasteiger partial charge in [0.05, 0.1) is 5.56 Å². The third-order valence-electron chi connectivity index (χ3n) is 3.94. The second-order valence-corrected chi connectivity index (χ2v) is 5.75. The van der Waals surface area contributed by atoms with E-state index < -0.39 is 17.8 Å². The zero-order chi connectivity index (χ0) is 19.6. The number of rotatable bonds is 4. The van der Waals surface area contributed by atoms with E-state index in [9.17, 15) is 23.1 Å². The van der Waals surface area contributed by atoms with Crippen LogP contribution in [0.3, 0.4) is 0 Å². The summed E-state index contributed by atoms with van der Waals surface area (Å²) in [7, 11) is 0. The fraction of sp³-hybridized carbons (Fsp3) is 0.105. The van der Waals surface area contributed by atoms with E-state index in [4.69, 9.17) is 0 Å². The molecule has 0 saturated heterocycles. The smallest absolute Gasteiger partial charge is 0.433 e. The zero-order valence-electron chi connectivity index (χ0n) is 14.1. The average Bonchev–Trinajstić information content (AvgIpc) is 2.61. The minimum absolute atomic E-state index is 0.182. The number of carboxylic acid groups (broad SMARTS) is 1. The fourth-order valence-corrected chi connectivity index (χ4v) is 2.65. The van der Waals surface area contributed by atoms with Gasteiger partial charge in [0, 0.05) is 11.9 Å². The first-order chi connectivity index (χ1) is 12.8. The Hall–Kier alpha value is -3.42. The van der Waals surface area contributed by atoms with Gasteiger partial charge in [-0.25, -0.2) is 14.8 Å². The lowest BCUT2D eigenvalue weighted by molar-refractivity contribution is -0.141. The van der Waals surface area contributed by atoms with Gasteiger partial charge in [0.25, 0.3) is 0 Å². The van der Waals surface area contributed by atoms with Crippen molar-refractivity contribution in [2.45, 2.75) is 13.1 Å². The molecule has 0 aliphatic carbocycles. The summed E-state index contributed by atoms with van der Waals surface area (Å²) in [6, 6.07) is 12.6. The number of halogens is 3. The van der Waals surface area contributed by atoms with Crippen molar-refractivity contribution in [1.82, 2.24) is 9.97 Å². The van der Waals surface area contributed by atoms with Crippen LogP contribution in [0, 0.1) is 6.92 Å². The van der Waals surface area contributed by atoms with E-state index in [1.165, 1.54) is 6.07 Å². The summed E-state index contributed by atoms with van der Waals surface area (Å²) in [6.45, 7) is 1.70. The van der Waals surface area contributed by atoms with Crippen molar-refractivity contribution < 1.29 is 23.1 Å². The van der Waals surface area contributed by atoms with Crippen molar-refractivity contribution >= 4 is 17.6 Å². The molecule has 0 amide bonds. The third kappa shape index (κ3) is 4.05. The normalized spacial score (nSPS) is 11.3. The number of benzene rings is 2. The molecule has 0 spiro atoms. The van der Waals surface area contributed by atoms with Crippen molar-refractivity contribution in [3.05, 3.63) is 71.5 Å². The van der Waals surface area contributed by atoms with Crippen LogP contribution in [0.15, 0.2) is 54.7 Å². The minimum Gasteiger partial charge on any atom is -0.478 e. The summed E-state index contributed by atoms with van der Waals surface area (Å²) in [5.41, 5.74) is 1.65. The molecule has 27 heavy (non-hydrogen) atoms. The van der Waals surface area contributed by atoms with Crippen LogP contribution < -0.4 is 5.32 Å². The molecule has 8 heteroatoms. The first kappa shape index (κ1) is 18.4. The van der Waals surface area contributed by atoms with Crippen molar-refractivity contribution in [2.24, 2.45) is 0 Å². The van der Waals surface area contributed by atoms with Crippen LogP contribution in [0.5, 0.6) is 0 Å². The molecule has 0 aliphatic heterocycles. The van der Waals surface area contributed by atoms with Crippen LogP contribution in [0.1, 0.15) is 21.6 Å². The maximum Gasteiger partial charge on any atom is 0.433 e. The van der Waals surface area contributed by atoms with Crippen molar-refractivity contribution in [2.75, 3.05) is 5.32 Å². The quantitative estimate of drug-likeness (QED) is 0.679. The highest BCUT2D eigenvalue weighted by Crippen LogP contribution is 2.30. The number of hydrogen-bond donors (Lipinski definition) is 2. The van der Waals surface area contributed by atoms with E-state index in [0.717, 1.165) is 12.3 Å². The van der Waals surface area contributed by atoms with Gasteiger partial charge in [0.2, 0.25) is 5.95 Å². The Kier molecular flexibility index (Phi) is 4.81. The van der Waals surface area contributed by atoms with E-state index >= 15 is 0 Å². The standard InChI is InChI=1S/C19H14F3N3O2/c1-11-14(6-3-7-15(11)17(26)27)12-4-2-5-13(10-12)24-18-23-9-8-16(25-18)19(20,21)22/h2-10H,1H3,(H,26,27)(H,23,24,25). The molecule has 0 atom stereocenters. The molecule has 5 nitrogen and oxygen atoms in total. The molecule has 1 aromatic heterocycles. The summed E-state index contributed by atoms with van der Waals surface area (Å²) in [4.78, 5) is 18.6. The molecule has 3 rings (SSSR count). The molecule has 2 aromatic carbocycles. The molecule has 0 saturated carbocycles. The summed E-state index contributed by atoms with van der Waals surface area (Å²) in [6.07, 6.45) is -3.53. The number of carbonyl (C=O) groups is 1. The first-order valence-electron chi connectivity index (χ1n) is 7.86.